The van der Waals surface area contributed by atoms with Crippen LogP contribution >= 0.6 is 11.3 Å². The summed E-state index contributed by atoms with van der Waals surface area (Å²) in [5.74, 6) is 1.44. The lowest BCUT2D eigenvalue weighted by molar-refractivity contribution is 0.0592. The maximum absolute atomic E-state index is 13.0. The summed E-state index contributed by atoms with van der Waals surface area (Å²) >= 11 is 1.69. The van der Waals surface area contributed by atoms with E-state index < -0.39 is 9.84 Å². The van der Waals surface area contributed by atoms with Gasteiger partial charge in [0.05, 0.1) is 16.4 Å². The zero-order valence-electron chi connectivity index (χ0n) is 17.2. The second-order valence-electron chi connectivity index (χ2n) is 9.75. The average Bonchev–Trinajstić information content (AvgIpc) is 3.22. The Morgan fingerprint density at radius 3 is 2.46 bits per heavy atom. The molecule has 1 aromatic heterocycles. The van der Waals surface area contributed by atoms with E-state index in [0.717, 1.165) is 37.2 Å². The third-order valence-corrected chi connectivity index (χ3v) is 9.82. The molecule has 2 aliphatic heterocycles. The summed E-state index contributed by atoms with van der Waals surface area (Å²) < 4.78 is 23.5. The zero-order chi connectivity index (χ0) is 20.1. The molecule has 2 atom stereocenters. The maximum Gasteiger partial charge on any atom is 0.264 e. The van der Waals surface area contributed by atoms with Gasteiger partial charge >= 0.3 is 0 Å². The van der Waals surface area contributed by atoms with Crippen molar-refractivity contribution in [2.45, 2.75) is 52.5 Å². The molecular formula is C21H32N2O3S2. The highest BCUT2D eigenvalue weighted by atomic mass is 32.2. The van der Waals surface area contributed by atoms with Crippen LogP contribution in [0.5, 0.6) is 0 Å². The van der Waals surface area contributed by atoms with Crippen molar-refractivity contribution in [1.82, 2.24) is 9.80 Å². The quantitative estimate of drug-likeness (QED) is 0.733. The summed E-state index contributed by atoms with van der Waals surface area (Å²) in [5.41, 5.74) is 1.70. The number of sulfone groups is 1. The highest BCUT2D eigenvalue weighted by Gasteiger charge is 2.35. The molecule has 3 aliphatic rings. The minimum Gasteiger partial charge on any atom is -0.335 e. The van der Waals surface area contributed by atoms with E-state index in [-0.39, 0.29) is 17.7 Å². The van der Waals surface area contributed by atoms with Gasteiger partial charge in [-0.25, -0.2) is 8.42 Å². The summed E-state index contributed by atoms with van der Waals surface area (Å²) in [4.78, 5) is 19.6. The Hall–Kier alpha value is -0.920. The molecule has 0 spiro atoms. The lowest BCUT2D eigenvalue weighted by atomic mass is 9.72. The molecule has 5 nitrogen and oxygen atoms in total. The number of rotatable bonds is 2. The number of piperazine rings is 1. The van der Waals surface area contributed by atoms with Gasteiger partial charge in [-0.05, 0) is 48.6 Å². The predicted octanol–water partition coefficient (Wildman–Crippen LogP) is 2.84. The first-order valence-electron chi connectivity index (χ1n) is 10.5. The SMILES string of the molecule is CC(C)(C)[C@@H]1CCc2sc(C(=O)N3CCN([C@H]4CCS(=O)(=O)C4)CC3)cc2C1. The van der Waals surface area contributed by atoms with Crippen molar-refractivity contribution >= 4 is 27.1 Å². The van der Waals surface area contributed by atoms with Crippen molar-refractivity contribution in [2.75, 3.05) is 37.7 Å². The molecule has 0 bridgehead atoms. The smallest absolute Gasteiger partial charge is 0.264 e. The molecule has 0 aromatic carbocycles. The Bertz CT molecular complexity index is 845. The first-order valence-corrected chi connectivity index (χ1v) is 13.1. The molecule has 0 N–H and O–H groups in total. The molecule has 1 aliphatic carbocycles. The van der Waals surface area contributed by atoms with Crippen LogP contribution in [0.1, 0.15) is 53.7 Å². The third kappa shape index (κ3) is 4.17. The minimum absolute atomic E-state index is 0.144. The number of fused-ring (bicyclic) bond motifs is 1. The summed E-state index contributed by atoms with van der Waals surface area (Å²) in [5, 5.41) is 0. The number of hydrogen-bond acceptors (Lipinski definition) is 5. The molecule has 7 heteroatoms. The van der Waals surface area contributed by atoms with Crippen LogP contribution in [-0.2, 0) is 22.7 Å². The molecule has 0 saturated carbocycles. The first kappa shape index (κ1) is 20.4. The second kappa shape index (κ2) is 7.40. The second-order valence-corrected chi connectivity index (χ2v) is 13.1. The van der Waals surface area contributed by atoms with Crippen molar-refractivity contribution in [3.05, 3.63) is 21.4 Å². The average molecular weight is 425 g/mol. The fraction of sp³-hybridized carbons (Fsp3) is 0.762. The van der Waals surface area contributed by atoms with Crippen molar-refractivity contribution in [3.63, 3.8) is 0 Å². The molecular weight excluding hydrogens is 392 g/mol. The van der Waals surface area contributed by atoms with Gasteiger partial charge in [0.1, 0.15) is 0 Å². The van der Waals surface area contributed by atoms with E-state index in [2.05, 4.69) is 31.7 Å². The topological polar surface area (TPSA) is 57.7 Å². The van der Waals surface area contributed by atoms with Gasteiger partial charge in [-0.15, -0.1) is 11.3 Å². The summed E-state index contributed by atoms with van der Waals surface area (Å²) in [6, 6.07) is 2.29. The highest BCUT2D eigenvalue weighted by Crippen LogP contribution is 2.40. The first-order chi connectivity index (χ1) is 13.1. The maximum atomic E-state index is 13.0. The number of hydrogen-bond donors (Lipinski definition) is 0. The molecule has 0 unspecified atom stereocenters. The zero-order valence-corrected chi connectivity index (χ0v) is 18.9. The Morgan fingerprint density at radius 1 is 1.14 bits per heavy atom. The Balaban J connectivity index is 1.37. The standard InChI is InChI=1S/C21H32N2O3S2/c1-21(2,3)16-4-5-18-15(12-16)13-19(27-18)20(24)23-9-7-22(8-10-23)17-6-11-28(25,26)14-17/h13,16-17H,4-12,14H2,1-3H3/t16-,17+/m1/s1. The lowest BCUT2D eigenvalue weighted by Gasteiger charge is -2.37. The largest absolute Gasteiger partial charge is 0.335 e. The Labute approximate surface area is 173 Å². The number of aryl methyl sites for hydroxylation is 1. The van der Waals surface area contributed by atoms with Gasteiger partial charge in [0, 0.05) is 37.1 Å². The van der Waals surface area contributed by atoms with Crippen LogP contribution in [0.15, 0.2) is 6.07 Å². The van der Waals surface area contributed by atoms with Crippen LogP contribution in [0.4, 0.5) is 0 Å². The molecule has 1 amide bonds. The molecule has 156 valence electrons. The molecule has 3 heterocycles. The van der Waals surface area contributed by atoms with Crippen molar-refractivity contribution in [3.8, 4) is 0 Å². The van der Waals surface area contributed by atoms with E-state index in [1.54, 1.807) is 11.3 Å². The predicted molar refractivity (Wildman–Crippen MR) is 114 cm³/mol. The van der Waals surface area contributed by atoms with Crippen LogP contribution in [0, 0.1) is 11.3 Å². The summed E-state index contributed by atoms with van der Waals surface area (Å²) in [7, 11) is -2.86. The number of carbonyl (C=O) groups is 1. The van der Waals surface area contributed by atoms with Crippen molar-refractivity contribution in [1.29, 1.82) is 0 Å². The van der Waals surface area contributed by atoms with Crippen molar-refractivity contribution in [2.24, 2.45) is 11.3 Å². The van der Waals surface area contributed by atoms with Crippen LogP contribution in [0.2, 0.25) is 0 Å². The lowest BCUT2D eigenvalue weighted by Crippen LogP contribution is -2.52. The van der Waals surface area contributed by atoms with E-state index >= 15 is 0 Å². The molecule has 2 saturated heterocycles. The summed E-state index contributed by atoms with van der Waals surface area (Å²) in [6.45, 7) is 9.90. The van der Waals surface area contributed by atoms with Gasteiger partial charge < -0.3 is 4.90 Å². The van der Waals surface area contributed by atoms with E-state index in [4.69, 9.17) is 0 Å². The van der Waals surface area contributed by atoms with E-state index in [1.807, 2.05) is 4.90 Å². The fourth-order valence-electron chi connectivity index (χ4n) is 4.88. The molecule has 0 radical (unpaired) electrons. The monoisotopic (exact) mass is 424 g/mol. The minimum atomic E-state index is -2.86. The number of nitrogens with zero attached hydrogens (tertiary/aromatic N) is 2. The van der Waals surface area contributed by atoms with Crippen LogP contribution in [0.25, 0.3) is 0 Å². The molecule has 1 aromatic rings. The number of amides is 1. The van der Waals surface area contributed by atoms with Gasteiger partial charge in [-0.2, -0.15) is 0 Å². The van der Waals surface area contributed by atoms with Gasteiger partial charge in [-0.1, -0.05) is 20.8 Å². The van der Waals surface area contributed by atoms with Gasteiger partial charge in [-0.3, -0.25) is 9.69 Å². The van der Waals surface area contributed by atoms with Gasteiger partial charge in [0.2, 0.25) is 0 Å². The van der Waals surface area contributed by atoms with E-state index in [1.165, 1.54) is 16.9 Å². The molecule has 4 rings (SSSR count). The number of thiophene rings is 1. The van der Waals surface area contributed by atoms with Gasteiger partial charge in [0.15, 0.2) is 9.84 Å². The molecule has 28 heavy (non-hydrogen) atoms. The fourth-order valence-corrected chi connectivity index (χ4v) is 7.82. The van der Waals surface area contributed by atoms with E-state index in [9.17, 15) is 13.2 Å². The highest BCUT2D eigenvalue weighted by molar-refractivity contribution is 7.91. The Morgan fingerprint density at radius 2 is 1.86 bits per heavy atom. The van der Waals surface area contributed by atoms with E-state index in [0.29, 0.717) is 30.2 Å². The molecule has 2 fully saturated rings. The number of carbonyl (C=O) groups excluding carboxylic acids is 1. The Kier molecular flexibility index (Phi) is 5.38. The van der Waals surface area contributed by atoms with Crippen LogP contribution in [-0.4, -0.2) is 67.9 Å². The van der Waals surface area contributed by atoms with Crippen LogP contribution < -0.4 is 0 Å². The third-order valence-electron chi connectivity index (χ3n) is 6.84. The van der Waals surface area contributed by atoms with Gasteiger partial charge in [0.25, 0.3) is 5.91 Å². The van der Waals surface area contributed by atoms with Crippen LogP contribution in [0.3, 0.4) is 0 Å². The van der Waals surface area contributed by atoms with Crippen molar-refractivity contribution < 1.29 is 13.2 Å². The normalized spacial score (nSPS) is 28.3. The summed E-state index contributed by atoms with van der Waals surface area (Å²) in [6.07, 6.45) is 4.14.